The van der Waals surface area contributed by atoms with Crippen LogP contribution in [0.4, 0.5) is 17.1 Å². The van der Waals surface area contributed by atoms with E-state index in [-0.39, 0.29) is 16.3 Å². The quantitative estimate of drug-likeness (QED) is 0.194. The molecule has 15 heavy (non-hydrogen) atoms. The van der Waals surface area contributed by atoms with Crippen molar-refractivity contribution in [3.8, 4) is 0 Å². The lowest BCUT2D eigenvalue weighted by molar-refractivity contribution is -0.383. The summed E-state index contributed by atoms with van der Waals surface area (Å²) >= 11 is 1.94. The summed E-state index contributed by atoms with van der Waals surface area (Å²) in [7, 11) is 0. The van der Waals surface area contributed by atoms with E-state index >= 15 is 0 Å². The Morgan fingerprint density at radius 2 is 2.33 bits per heavy atom. The highest BCUT2D eigenvalue weighted by Gasteiger charge is 2.15. The Bertz CT molecular complexity index is 372. The number of nitro benzene ring substituents is 1. The Labute approximate surface area is 99.8 Å². The summed E-state index contributed by atoms with van der Waals surface area (Å²) in [6, 6.07) is 4.37. The highest BCUT2D eigenvalue weighted by atomic mass is 127. The zero-order valence-electron chi connectivity index (χ0n) is 7.68. The van der Waals surface area contributed by atoms with Crippen LogP contribution < -0.4 is 11.1 Å². The average Bonchev–Trinajstić information content (AvgIpc) is 2.20. The molecule has 0 aromatic heterocycles. The topological polar surface area (TPSA) is 101 Å². The number of nitrogens with two attached hydrogens (primary N) is 1. The van der Waals surface area contributed by atoms with Crippen molar-refractivity contribution >= 4 is 39.7 Å². The van der Waals surface area contributed by atoms with Crippen LogP contribution in [-0.4, -0.2) is 20.7 Å². The SMILES string of the molecule is Nc1ccc(NC(I)CO)c([N+](=O)[O-])c1. The number of aliphatic hydroxyl groups is 1. The van der Waals surface area contributed by atoms with E-state index in [1.165, 1.54) is 12.1 Å². The summed E-state index contributed by atoms with van der Waals surface area (Å²) in [6.45, 7) is -0.109. The van der Waals surface area contributed by atoms with Gasteiger partial charge in [0.05, 0.1) is 11.5 Å². The minimum Gasteiger partial charge on any atom is -0.399 e. The number of anilines is 2. The fraction of sp³-hybridized carbons (Fsp3) is 0.250. The van der Waals surface area contributed by atoms with E-state index < -0.39 is 4.92 Å². The first-order valence-electron chi connectivity index (χ1n) is 4.10. The van der Waals surface area contributed by atoms with Gasteiger partial charge in [-0.05, 0) is 12.1 Å². The average molecular weight is 323 g/mol. The van der Waals surface area contributed by atoms with Crippen molar-refractivity contribution < 1.29 is 10.0 Å². The molecule has 1 aromatic carbocycles. The molecule has 7 heteroatoms. The van der Waals surface area contributed by atoms with Gasteiger partial charge < -0.3 is 16.2 Å². The second-order valence-corrected chi connectivity index (χ2v) is 4.33. The number of aliphatic hydroxyl groups excluding tert-OH is 1. The number of nitro groups is 1. The van der Waals surface area contributed by atoms with Gasteiger partial charge in [0.25, 0.3) is 5.69 Å². The summed E-state index contributed by atoms with van der Waals surface area (Å²) in [5, 5.41) is 22.3. The molecule has 4 N–H and O–H groups in total. The fourth-order valence-corrected chi connectivity index (χ4v) is 1.37. The number of alkyl halides is 1. The third kappa shape index (κ3) is 3.20. The first kappa shape index (κ1) is 12.0. The molecule has 0 radical (unpaired) electrons. The molecular formula is C8H10IN3O3. The van der Waals surface area contributed by atoms with Crippen LogP contribution in [0.5, 0.6) is 0 Å². The Kier molecular flexibility index (Phi) is 4.09. The van der Waals surface area contributed by atoms with Crippen molar-refractivity contribution in [3.63, 3.8) is 0 Å². The normalized spacial score (nSPS) is 12.1. The van der Waals surface area contributed by atoms with Crippen LogP contribution in [-0.2, 0) is 0 Å². The molecule has 1 rings (SSSR count). The molecular weight excluding hydrogens is 313 g/mol. The number of nitrogens with zero attached hydrogens (tertiary/aromatic N) is 1. The van der Waals surface area contributed by atoms with Crippen LogP contribution in [0.2, 0.25) is 0 Å². The van der Waals surface area contributed by atoms with Gasteiger partial charge in [0.15, 0.2) is 0 Å². The minimum absolute atomic E-state index is 0.0925. The van der Waals surface area contributed by atoms with Crippen molar-refractivity contribution in [2.75, 3.05) is 17.7 Å². The van der Waals surface area contributed by atoms with E-state index in [1.807, 2.05) is 22.6 Å². The second kappa shape index (κ2) is 5.12. The molecule has 1 unspecified atom stereocenters. The maximum atomic E-state index is 10.7. The molecule has 82 valence electrons. The van der Waals surface area contributed by atoms with Crippen LogP contribution in [0.1, 0.15) is 0 Å². The summed E-state index contributed by atoms with van der Waals surface area (Å²) < 4.78 is -0.273. The van der Waals surface area contributed by atoms with Gasteiger partial charge in [0.1, 0.15) is 9.74 Å². The molecule has 0 bridgehead atoms. The minimum atomic E-state index is -0.514. The summed E-state index contributed by atoms with van der Waals surface area (Å²) in [5.74, 6) is 0. The number of halogens is 1. The molecule has 0 fully saturated rings. The van der Waals surface area contributed by atoms with Gasteiger partial charge in [-0.3, -0.25) is 10.1 Å². The van der Waals surface area contributed by atoms with Gasteiger partial charge >= 0.3 is 0 Å². The maximum absolute atomic E-state index is 10.7. The third-order valence-electron chi connectivity index (χ3n) is 1.69. The first-order valence-corrected chi connectivity index (χ1v) is 5.34. The van der Waals surface area contributed by atoms with E-state index in [9.17, 15) is 10.1 Å². The lowest BCUT2D eigenvalue weighted by Gasteiger charge is -2.11. The number of hydrogen-bond donors (Lipinski definition) is 3. The van der Waals surface area contributed by atoms with Gasteiger partial charge in [-0.15, -0.1) is 0 Å². The Morgan fingerprint density at radius 1 is 1.67 bits per heavy atom. The lowest BCUT2D eigenvalue weighted by atomic mass is 10.2. The summed E-state index contributed by atoms with van der Waals surface area (Å²) in [5.41, 5.74) is 6.04. The van der Waals surface area contributed by atoms with Crippen molar-refractivity contribution in [1.82, 2.24) is 0 Å². The molecule has 0 aliphatic heterocycles. The Balaban J connectivity index is 3.01. The summed E-state index contributed by atoms with van der Waals surface area (Å²) in [6.07, 6.45) is 0. The van der Waals surface area contributed by atoms with E-state index in [0.717, 1.165) is 0 Å². The molecule has 0 aliphatic rings. The van der Waals surface area contributed by atoms with Gasteiger partial charge in [0.2, 0.25) is 0 Å². The van der Waals surface area contributed by atoms with Crippen LogP contribution in [0.15, 0.2) is 18.2 Å². The van der Waals surface area contributed by atoms with Crippen LogP contribution in [0, 0.1) is 10.1 Å². The molecule has 1 atom stereocenters. The van der Waals surface area contributed by atoms with E-state index in [1.54, 1.807) is 6.07 Å². The number of hydrogen-bond acceptors (Lipinski definition) is 5. The highest BCUT2D eigenvalue weighted by molar-refractivity contribution is 14.1. The van der Waals surface area contributed by atoms with E-state index in [0.29, 0.717) is 11.4 Å². The van der Waals surface area contributed by atoms with E-state index in [2.05, 4.69) is 5.32 Å². The van der Waals surface area contributed by atoms with Crippen LogP contribution in [0.25, 0.3) is 0 Å². The number of nitrogens with one attached hydrogen (secondary N) is 1. The van der Waals surface area contributed by atoms with Gasteiger partial charge in [-0.1, -0.05) is 22.6 Å². The third-order valence-corrected chi connectivity index (χ3v) is 2.40. The van der Waals surface area contributed by atoms with Gasteiger partial charge in [0, 0.05) is 11.8 Å². The number of benzene rings is 1. The van der Waals surface area contributed by atoms with Crippen molar-refractivity contribution in [1.29, 1.82) is 0 Å². The molecule has 6 nitrogen and oxygen atoms in total. The monoisotopic (exact) mass is 323 g/mol. The second-order valence-electron chi connectivity index (χ2n) is 2.83. The molecule has 0 amide bonds. The number of rotatable bonds is 4. The standard InChI is InChI=1S/C8H10IN3O3/c9-8(4-13)11-6-2-1-5(10)3-7(6)12(14)15/h1-3,8,11,13H,4,10H2. The predicted octanol–water partition coefficient (Wildman–Crippen LogP) is 1.34. The van der Waals surface area contributed by atoms with Crippen molar-refractivity contribution in [2.45, 2.75) is 4.05 Å². The van der Waals surface area contributed by atoms with Crippen molar-refractivity contribution in [3.05, 3.63) is 28.3 Å². The molecule has 0 saturated heterocycles. The van der Waals surface area contributed by atoms with Crippen molar-refractivity contribution in [2.24, 2.45) is 0 Å². The zero-order chi connectivity index (χ0) is 11.4. The zero-order valence-corrected chi connectivity index (χ0v) is 9.84. The number of nitrogen functional groups attached to an aromatic ring is 1. The molecule has 1 aromatic rings. The predicted molar refractivity (Wildman–Crippen MR) is 66.0 cm³/mol. The molecule has 0 saturated carbocycles. The lowest BCUT2D eigenvalue weighted by Crippen LogP contribution is -2.16. The Morgan fingerprint density at radius 3 is 2.87 bits per heavy atom. The van der Waals surface area contributed by atoms with Gasteiger partial charge in [-0.25, -0.2) is 0 Å². The highest BCUT2D eigenvalue weighted by Crippen LogP contribution is 2.27. The fourth-order valence-electron chi connectivity index (χ4n) is 1.04. The molecule has 0 aliphatic carbocycles. The first-order chi connectivity index (χ1) is 7.04. The van der Waals surface area contributed by atoms with Crippen LogP contribution >= 0.6 is 22.6 Å². The van der Waals surface area contributed by atoms with E-state index in [4.69, 9.17) is 10.8 Å². The summed E-state index contributed by atoms with van der Waals surface area (Å²) in [4.78, 5) is 10.2. The maximum Gasteiger partial charge on any atom is 0.294 e. The molecule has 0 spiro atoms. The van der Waals surface area contributed by atoms with Crippen LogP contribution in [0.3, 0.4) is 0 Å². The largest absolute Gasteiger partial charge is 0.399 e. The smallest absolute Gasteiger partial charge is 0.294 e. The molecule has 0 heterocycles. The Hall–Kier alpha value is -1.09. The van der Waals surface area contributed by atoms with Gasteiger partial charge in [-0.2, -0.15) is 0 Å².